The Kier molecular flexibility index (Phi) is 6.29. The molecule has 0 bridgehead atoms. The molecule has 0 saturated carbocycles. The molecule has 0 aliphatic rings. The summed E-state index contributed by atoms with van der Waals surface area (Å²) in [6.45, 7) is 0. The van der Waals surface area contributed by atoms with E-state index in [1.54, 1.807) is 12.1 Å². The van der Waals surface area contributed by atoms with Gasteiger partial charge >= 0.3 is 6.18 Å². The Balaban J connectivity index is 1.58. The Morgan fingerprint density at radius 3 is 2.64 bits per heavy atom. The van der Waals surface area contributed by atoms with Crippen LogP contribution in [0.4, 0.5) is 18.3 Å². The molecule has 170 valence electrons. The minimum Gasteiger partial charge on any atom is -0.480 e. The van der Waals surface area contributed by atoms with Gasteiger partial charge in [-0.3, -0.25) is 10.1 Å². The van der Waals surface area contributed by atoms with Crippen LogP contribution in [0.3, 0.4) is 0 Å². The van der Waals surface area contributed by atoms with Crippen molar-refractivity contribution in [2.45, 2.75) is 12.6 Å². The van der Waals surface area contributed by atoms with Crippen molar-refractivity contribution in [1.29, 1.82) is 0 Å². The van der Waals surface area contributed by atoms with Gasteiger partial charge in [0.1, 0.15) is 0 Å². The second kappa shape index (κ2) is 9.16. The predicted octanol–water partition coefficient (Wildman–Crippen LogP) is 4.64. The summed E-state index contributed by atoms with van der Waals surface area (Å²) in [5.74, 6) is -1.11. The first-order chi connectivity index (χ1) is 15.8. The van der Waals surface area contributed by atoms with Gasteiger partial charge in [0.2, 0.25) is 5.88 Å². The van der Waals surface area contributed by atoms with Gasteiger partial charge in [-0.2, -0.15) is 18.3 Å². The van der Waals surface area contributed by atoms with E-state index >= 15 is 0 Å². The number of carbonyl (C=O) groups excluding carboxylic acids is 1. The van der Waals surface area contributed by atoms with Crippen LogP contribution in [-0.2, 0) is 12.6 Å². The van der Waals surface area contributed by atoms with Crippen LogP contribution in [0.1, 0.15) is 26.5 Å². The highest BCUT2D eigenvalue weighted by Gasteiger charge is 2.41. The number of rotatable bonds is 6. The number of benzene rings is 1. The van der Waals surface area contributed by atoms with Crippen molar-refractivity contribution in [1.82, 2.24) is 25.0 Å². The Morgan fingerprint density at radius 1 is 1.18 bits per heavy atom. The average molecular weight is 495 g/mol. The van der Waals surface area contributed by atoms with Crippen LogP contribution in [0.25, 0.3) is 5.82 Å². The fourth-order valence-electron chi connectivity index (χ4n) is 2.94. The molecule has 3 aromatic heterocycles. The van der Waals surface area contributed by atoms with Crippen LogP contribution in [0.5, 0.6) is 5.88 Å². The van der Waals surface area contributed by atoms with Gasteiger partial charge in [0.25, 0.3) is 5.91 Å². The number of amides is 1. The monoisotopic (exact) mass is 494 g/mol. The molecule has 13 heteroatoms. The first-order valence-electron chi connectivity index (χ1n) is 9.29. The molecule has 1 N–H and O–H groups in total. The molecule has 3 heterocycles. The molecule has 4 aromatic rings. The summed E-state index contributed by atoms with van der Waals surface area (Å²) in [7, 11) is 1.35. The number of ether oxygens (including phenoxy) is 1. The molecule has 1 amide bonds. The zero-order valence-corrected chi connectivity index (χ0v) is 18.4. The maximum absolute atomic E-state index is 13.8. The molecule has 8 nitrogen and oxygen atoms in total. The van der Waals surface area contributed by atoms with E-state index in [1.165, 1.54) is 25.4 Å². The van der Waals surface area contributed by atoms with Gasteiger partial charge in [-0.25, -0.2) is 9.67 Å². The van der Waals surface area contributed by atoms with E-state index in [0.29, 0.717) is 16.1 Å². The van der Waals surface area contributed by atoms with Crippen molar-refractivity contribution in [3.05, 3.63) is 75.5 Å². The van der Waals surface area contributed by atoms with Crippen molar-refractivity contribution in [2.75, 3.05) is 12.4 Å². The zero-order chi connectivity index (χ0) is 23.6. The smallest absolute Gasteiger partial charge is 0.434 e. The summed E-state index contributed by atoms with van der Waals surface area (Å²) < 4.78 is 46.8. The van der Waals surface area contributed by atoms with E-state index < -0.39 is 23.3 Å². The molecule has 0 aliphatic heterocycles. The third-order valence-corrected chi connectivity index (χ3v) is 5.71. The lowest BCUT2D eigenvalue weighted by molar-refractivity contribution is -0.143. The molecule has 0 radical (unpaired) electrons. The largest absolute Gasteiger partial charge is 0.480 e. The normalized spacial score (nSPS) is 11.4. The predicted molar refractivity (Wildman–Crippen MR) is 115 cm³/mol. The lowest BCUT2D eigenvalue weighted by atomic mass is 10.1. The van der Waals surface area contributed by atoms with E-state index in [4.69, 9.17) is 16.3 Å². The highest BCUT2D eigenvalue weighted by atomic mass is 35.5. The van der Waals surface area contributed by atoms with Crippen LogP contribution < -0.4 is 10.1 Å². The van der Waals surface area contributed by atoms with Gasteiger partial charge in [0.05, 0.1) is 18.9 Å². The Hall–Kier alpha value is -3.51. The lowest BCUT2D eigenvalue weighted by Crippen LogP contribution is -2.21. The van der Waals surface area contributed by atoms with Gasteiger partial charge in [-0.05, 0) is 17.7 Å². The number of hydrogen-bond donors (Lipinski definition) is 1. The van der Waals surface area contributed by atoms with Crippen molar-refractivity contribution in [2.24, 2.45) is 0 Å². The zero-order valence-electron chi connectivity index (χ0n) is 16.8. The topological polar surface area (TPSA) is 94.8 Å². The van der Waals surface area contributed by atoms with Crippen molar-refractivity contribution in [3.63, 3.8) is 0 Å². The minimum atomic E-state index is -4.89. The molecule has 4 rings (SSSR count). The van der Waals surface area contributed by atoms with Gasteiger partial charge in [0, 0.05) is 28.6 Å². The minimum absolute atomic E-state index is 0.119. The maximum Gasteiger partial charge on any atom is 0.434 e. The van der Waals surface area contributed by atoms with E-state index in [0.717, 1.165) is 28.0 Å². The summed E-state index contributed by atoms with van der Waals surface area (Å²) in [5.41, 5.74) is -1.10. The van der Waals surface area contributed by atoms with Crippen LogP contribution in [0, 0.1) is 0 Å². The number of thiazole rings is 1. The third kappa shape index (κ3) is 4.96. The number of halogens is 4. The number of aromatic nitrogens is 5. The fraction of sp³-hybridized carbons (Fsp3) is 0.150. The summed E-state index contributed by atoms with van der Waals surface area (Å²) in [6.07, 6.45) is -2.06. The van der Waals surface area contributed by atoms with Crippen LogP contribution in [0.2, 0.25) is 5.02 Å². The Morgan fingerprint density at radius 2 is 1.97 bits per heavy atom. The van der Waals surface area contributed by atoms with Crippen LogP contribution in [-0.4, -0.2) is 38.0 Å². The molecule has 0 atom stereocenters. The number of hydrogen-bond acceptors (Lipinski definition) is 7. The van der Waals surface area contributed by atoms with Gasteiger partial charge < -0.3 is 4.74 Å². The highest BCUT2D eigenvalue weighted by Crippen LogP contribution is 2.34. The number of anilines is 1. The summed E-state index contributed by atoms with van der Waals surface area (Å²) in [4.78, 5) is 17.5. The number of carbonyl (C=O) groups is 1. The van der Waals surface area contributed by atoms with E-state index in [9.17, 15) is 18.0 Å². The molecule has 33 heavy (non-hydrogen) atoms. The molecule has 0 fully saturated rings. The molecular weight excluding hydrogens is 481 g/mol. The average Bonchev–Trinajstić information content (AvgIpc) is 3.42. The Bertz CT molecular complexity index is 1290. The van der Waals surface area contributed by atoms with Gasteiger partial charge in [0.15, 0.2) is 16.6 Å². The molecule has 1 aromatic carbocycles. The number of nitrogens with zero attached hydrogens (tertiary/aromatic N) is 5. The molecular formula is C20H14ClF3N6O2S. The molecule has 0 spiro atoms. The lowest BCUT2D eigenvalue weighted by Gasteiger charge is -2.11. The number of methoxy groups -OCH3 is 1. The summed E-state index contributed by atoms with van der Waals surface area (Å²) in [5, 5.41) is 14.1. The van der Waals surface area contributed by atoms with Crippen LogP contribution >= 0.6 is 22.9 Å². The van der Waals surface area contributed by atoms with Crippen molar-refractivity contribution >= 4 is 34.0 Å². The summed E-state index contributed by atoms with van der Waals surface area (Å²) in [6, 6.07) is 9.84. The van der Waals surface area contributed by atoms with Gasteiger partial charge in [-0.1, -0.05) is 29.8 Å². The highest BCUT2D eigenvalue weighted by molar-refractivity contribution is 7.15. The first kappa shape index (κ1) is 22.7. The third-order valence-electron chi connectivity index (χ3n) is 4.43. The van der Waals surface area contributed by atoms with E-state index in [2.05, 4.69) is 25.6 Å². The van der Waals surface area contributed by atoms with E-state index in [1.807, 2.05) is 12.1 Å². The van der Waals surface area contributed by atoms with Crippen LogP contribution in [0.15, 0.2) is 48.8 Å². The first-order valence-corrected chi connectivity index (χ1v) is 10.5. The fourth-order valence-corrected chi connectivity index (χ4v) is 3.97. The molecule has 0 saturated heterocycles. The second-order valence-electron chi connectivity index (χ2n) is 6.60. The van der Waals surface area contributed by atoms with Crippen molar-refractivity contribution < 1.29 is 22.7 Å². The van der Waals surface area contributed by atoms with Gasteiger partial charge in [-0.15, -0.1) is 21.5 Å². The number of alkyl halides is 3. The summed E-state index contributed by atoms with van der Waals surface area (Å²) >= 11 is 7.29. The van der Waals surface area contributed by atoms with Crippen molar-refractivity contribution in [3.8, 4) is 11.7 Å². The molecule has 0 aliphatic carbocycles. The maximum atomic E-state index is 13.8. The molecule has 0 unspecified atom stereocenters. The SMILES string of the molecule is COc1ccc(-n2ncc(C(=O)Nc3ncc(Cc4ccccc4Cl)s3)c2C(F)(F)F)nn1. The quantitative estimate of drug-likeness (QED) is 0.419. The standard InChI is InChI=1S/C20H14ClF3N6O2S/c1-32-16-7-6-15(28-29-16)30-17(20(22,23)24)13(10-26-30)18(31)27-19-25-9-12(33-19)8-11-4-2-3-5-14(11)21/h2-7,9-10H,8H2,1H3,(H,25,27,31). The Labute approximate surface area is 194 Å². The number of nitrogens with one attached hydrogen (secondary N) is 1. The van der Waals surface area contributed by atoms with E-state index in [-0.39, 0.29) is 16.8 Å². The second-order valence-corrected chi connectivity index (χ2v) is 8.13.